The third-order valence-corrected chi connectivity index (χ3v) is 3.89. The first-order chi connectivity index (χ1) is 11.1. The van der Waals surface area contributed by atoms with E-state index in [0.29, 0.717) is 22.2 Å². The first-order valence-corrected chi connectivity index (χ1v) is 7.08. The van der Waals surface area contributed by atoms with Gasteiger partial charge in [-0.05, 0) is 19.1 Å². The molecule has 0 saturated heterocycles. The molecule has 2 aromatic heterocycles. The minimum atomic E-state index is -0.143. The number of aromatic hydroxyl groups is 2. The van der Waals surface area contributed by atoms with E-state index >= 15 is 0 Å². The van der Waals surface area contributed by atoms with E-state index in [-0.39, 0.29) is 22.8 Å². The molecule has 4 rings (SSSR count). The van der Waals surface area contributed by atoms with Crippen LogP contribution in [0.25, 0.3) is 27.8 Å². The lowest BCUT2D eigenvalue weighted by Gasteiger charge is -2.05. The van der Waals surface area contributed by atoms with Crippen LogP contribution in [0.15, 0.2) is 40.8 Å². The van der Waals surface area contributed by atoms with Crippen LogP contribution in [0.2, 0.25) is 0 Å². The molecule has 0 aliphatic rings. The van der Waals surface area contributed by atoms with E-state index in [1.54, 1.807) is 4.68 Å². The number of ether oxygens (including phenoxy) is 1. The van der Waals surface area contributed by atoms with Crippen LogP contribution < -0.4 is 4.74 Å². The zero-order chi connectivity index (χ0) is 16.1. The van der Waals surface area contributed by atoms with Crippen LogP contribution in [0, 0.1) is 6.92 Å². The van der Waals surface area contributed by atoms with Crippen LogP contribution >= 0.6 is 0 Å². The van der Waals surface area contributed by atoms with Gasteiger partial charge < -0.3 is 19.4 Å². The van der Waals surface area contributed by atoms with Gasteiger partial charge in [-0.25, -0.2) is 0 Å². The van der Waals surface area contributed by atoms with E-state index < -0.39 is 0 Å². The predicted molar refractivity (Wildman–Crippen MR) is 85.5 cm³/mol. The topological polar surface area (TPSA) is 80.7 Å². The molecule has 116 valence electrons. The van der Waals surface area contributed by atoms with E-state index in [0.717, 1.165) is 5.69 Å². The molecule has 0 atom stereocenters. The fourth-order valence-corrected chi connectivity index (χ4v) is 2.84. The summed E-state index contributed by atoms with van der Waals surface area (Å²) in [5, 5.41) is 26.2. The number of hydrogen-bond acceptors (Lipinski definition) is 5. The Hall–Kier alpha value is -3.15. The van der Waals surface area contributed by atoms with Gasteiger partial charge >= 0.3 is 0 Å². The number of benzene rings is 2. The number of phenols is 2. The Morgan fingerprint density at radius 2 is 1.87 bits per heavy atom. The molecule has 0 aliphatic heterocycles. The van der Waals surface area contributed by atoms with Gasteiger partial charge in [0.05, 0.1) is 29.3 Å². The number of nitrogens with zero attached hydrogens (tertiary/aromatic N) is 2. The van der Waals surface area contributed by atoms with Crippen molar-refractivity contribution in [2.45, 2.75) is 6.92 Å². The van der Waals surface area contributed by atoms with Gasteiger partial charge in [0.2, 0.25) is 11.5 Å². The smallest absolute Gasteiger partial charge is 0.231 e. The first-order valence-electron chi connectivity index (χ1n) is 7.08. The summed E-state index contributed by atoms with van der Waals surface area (Å²) in [6.07, 6.45) is 0. The number of aromatic nitrogens is 2. The molecule has 0 unspecified atom stereocenters. The van der Waals surface area contributed by atoms with E-state index in [9.17, 15) is 10.2 Å². The van der Waals surface area contributed by atoms with E-state index in [4.69, 9.17) is 9.15 Å². The maximum Gasteiger partial charge on any atom is 0.231 e. The molecule has 6 nitrogen and oxygen atoms in total. The third-order valence-electron chi connectivity index (χ3n) is 3.89. The molecule has 2 N–H and O–H groups in total. The van der Waals surface area contributed by atoms with Crippen molar-refractivity contribution in [3.05, 3.63) is 42.1 Å². The van der Waals surface area contributed by atoms with Crippen molar-refractivity contribution in [3.63, 3.8) is 0 Å². The number of para-hydroxylation sites is 1. The monoisotopic (exact) mass is 310 g/mol. The molecule has 2 heterocycles. The maximum absolute atomic E-state index is 10.3. The number of hydrogen-bond donors (Lipinski definition) is 2. The normalized spacial score (nSPS) is 11.4. The highest BCUT2D eigenvalue weighted by atomic mass is 16.5. The molecule has 0 saturated carbocycles. The molecular weight excluding hydrogens is 296 g/mol. The zero-order valence-electron chi connectivity index (χ0n) is 12.6. The van der Waals surface area contributed by atoms with Gasteiger partial charge in [-0.2, -0.15) is 9.78 Å². The highest BCUT2D eigenvalue weighted by Gasteiger charge is 2.24. The molecule has 0 spiro atoms. The summed E-state index contributed by atoms with van der Waals surface area (Å²) in [7, 11) is 1.42. The standard InChI is InChI=1S/C17H14N2O4/c1-9-13-14-11(20)8-12(22-2)15(21)16(14)23-17(13)19(18-9)10-6-4-3-5-7-10/h3-8,20-21H,1-2H3. The highest BCUT2D eigenvalue weighted by Crippen LogP contribution is 2.46. The SMILES string of the molecule is COc1cc(O)c2c(oc3c2c(C)nn3-c2ccccc2)c1O. The number of phenolic OH excluding ortho intramolecular Hbond substituents is 2. The van der Waals surface area contributed by atoms with Crippen LogP contribution in [0.3, 0.4) is 0 Å². The minimum Gasteiger partial charge on any atom is -0.507 e. The summed E-state index contributed by atoms with van der Waals surface area (Å²) in [5.41, 5.74) is 2.17. The number of fused-ring (bicyclic) bond motifs is 3. The maximum atomic E-state index is 10.3. The van der Waals surface area contributed by atoms with E-state index in [1.807, 2.05) is 37.3 Å². The Balaban J connectivity index is 2.14. The summed E-state index contributed by atoms with van der Waals surface area (Å²) >= 11 is 0. The van der Waals surface area contributed by atoms with Crippen molar-refractivity contribution in [1.29, 1.82) is 0 Å². The molecule has 2 aromatic carbocycles. The summed E-state index contributed by atoms with van der Waals surface area (Å²) in [4.78, 5) is 0. The van der Waals surface area contributed by atoms with E-state index in [1.165, 1.54) is 13.2 Å². The lowest BCUT2D eigenvalue weighted by molar-refractivity contribution is 0.368. The van der Waals surface area contributed by atoms with Crippen molar-refractivity contribution in [2.24, 2.45) is 0 Å². The molecule has 6 heteroatoms. The summed E-state index contributed by atoms with van der Waals surface area (Å²) < 4.78 is 12.5. The summed E-state index contributed by atoms with van der Waals surface area (Å²) in [6.45, 7) is 1.83. The van der Waals surface area contributed by atoms with Crippen molar-refractivity contribution >= 4 is 22.1 Å². The van der Waals surface area contributed by atoms with Crippen molar-refractivity contribution in [1.82, 2.24) is 9.78 Å². The van der Waals surface area contributed by atoms with Gasteiger partial charge in [0.15, 0.2) is 11.3 Å². The fourth-order valence-electron chi connectivity index (χ4n) is 2.84. The minimum absolute atomic E-state index is 0.0240. The molecule has 0 bridgehead atoms. The van der Waals surface area contributed by atoms with Crippen LogP contribution in [0.5, 0.6) is 17.2 Å². The van der Waals surface area contributed by atoms with Crippen LogP contribution in [-0.4, -0.2) is 27.1 Å². The van der Waals surface area contributed by atoms with Crippen molar-refractivity contribution in [3.8, 4) is 22.9 Å². The number of methoxy groups -OCH3 is 1. The van der Waals surface area contributed by atoms with Crippen LogP contribution in [-0.2, 0) is 0 Å². The highest BCUT2D eigenvalue weighted by molar-refractivity contribution is 6.11. The Morgan fingerprint density at radius 1 is 1.13 bits per heavy atom. The summed E-state index contributed by atoms with van der Waals surface area (Å²) in [5.74, 6) is -0.0112. The van der Waals surface area contributed by atoms with Gasteiger partial charge in [0.25, 0.3) is 0 Å². The zero-order valence-corrected chi connectivity index (χ0v) is 12.6. The van der Waals surface area contributed by atoms with Gasteiger partial charge in [-0.3, -0.25) is 0 Å². The molecule has 0 amide bonds. The molecule has 0 radical (unpaired) electrons. The molecule has 23 heavy (non-hydrogen) atoms. The van der Waals surface area contributed by atoms with Gasteiger partial charge in [-0.1, -0.05) is 18.2 Å². The Morgan fingerprint density at radius 3 is 2.57 bits per heavy atom. The largest absolute Gasteiger partial charge is 0.507 e. The van der Waals surface area contributed by atoms with Gasteiger partial charge in [0.1, 0.15) is 5.75 Å². The second-order valence-corrected chi connectivity index (χ2v) is 5.27. The third kappa shape index (κ3) is 1.78. The number of aryl methyl sites for hydroxylation is 1. The van der Waals surface area contributed by atoms with Gasteiger partial charge in [0, 0.05) is 6.07 Å². The van der Waals surface area contributed by atoms with Crippen molar-refractivity contribution < 1.29 is 19.4 Å². The second-order valence-electron chi connectivity index (χ2n) is 5.27. The molecule has 0 aliphatic carbocycles. The molecular formula is C17H14N2O4. The van der Waals surface area contributed by atoms with Crippen molar-refractivity contribution in [2.75, 3.05) is 7.11 Å². The number of rotatable bonds is 2. The first kappa shape index (κ1) is 13.5. The number of furan rings is 1. The van der Waals surface area contributed by atoms with Gasteiger partial charge in [-0.15, -0.1) is 0 Å². The lowest BCUT2D eigenvalue weighted by atomic mass is 10.1. The second kappa shape index (κ2) is 4.67. The average molecular weight is 310 g/mol. The fraction of sp³-hybridized carbons (Fsp3) is 0.118. The Labute approximate surface area is 131 Å². The van der Waals surface area contributed by atoms with Crippen LogP contribution in [0.1, 0.15) is 5.69 Å². The van der Waals surface area contributed by atoms with Crippen LogP contribution in [0.4, 0.5) is 0 Å². The molecule has 0 fully saturated rings. The molecule has 4 aromatic rings. The Kier molecular flexibility index (Phi) is 2.74. The predicted octanol–water partition coefficient (Wildman–Crippen LogP) is 3.50. The van der Waals surface area contributed by atoms with E-state index in [2.05, 4.69) is 5.10 Å². The summed E-state index contributed by atoms with van der Waals surface area (Å²) in [6, 6.07) is 10.9. The average Bonchev–Trinajstić information content (AvgIpc) is 3.10. The Bertz CT molecular complexity index is 1030. The quantitative estimate of drug-likeness (QED) is 0.554. The lowest BCUT2D eigenvalue weighted by Crippen LogP contribution is -1.95.